The average Bonchev–Trinajstić information content (AvgIpc) is 2.78. The molecule has 0 atom stereocenters. The SMILES string of the molecule is CC.CCC.CCc1ccc(-c2ccc(C)cc2)cc1.CNc1ccc2c(c1)CC2. The second kappa shape index (κ2) is 14.4. The molecule has 0 amide bonds. The van der Waals surface area contributed by atoms with Gasteiger partial charge in [0, 0.05) is 12.7 Å². The first-order chi connectivity index (χ1) is 14.6. The molecule has 0 heterocycles. The Balaban J connectivity index is 0.000000259. The highest BCUT2D eigenvalue weighted by Crippen LogP contribution is 2.25. The van der Waals surface area contributed by atoms with E-state index in [1.54, 1.807) is 0 Å². The molecule has 30 heavy (non-hydrogen) atoms. The van der Waals surface area contributed by atoms with Crippen molar-refractivity contribution >= 4 is 5.69 Å². The van der Waals surface area contributed by atoms with Crippen molar-refractivity contribution in [1.29, 1.82) is 0 Å². The summed E-state index contributed by atoms with van der Waals surface area (Å²) in [5.41, 5.74) is 9.58. The van der Waals surface area contributed by atoms with Gasteiger partial charge in [0.15, 0.2) is 0 Å². The topological polar surface area (TPSA) is 12.0 Å². The third-order valence-corrected chi connectivity index (χ3v) is 4.91. The number of aryl methyl sites for hydroxylation is 4. The lowest BCUT2D eigenvalue weighted by Crippen LogP contribution is -2.07. The fourth-order valence-corrected chi connectivity index (χ4v) is 3.03. The third-order valence-electron chi connectivity index (χ3n) is 4.91. The van der Waals surface area contributed by atoms with Gasteiger partial charge in [-0.15, -0.1) is 0 Å². The largest absolute Gasteiger partial charge is 0.388 e. The van der Waals surface area contributed by atoms with E-state index in [2.05, 4.69) is 99.7 Å². The Bertz CT molecular complexity index is 829. The van der Waals surface area contributed by atoms with Crippen LogP contribution in [-0.2, 0) is 19.3 Å². The van der Waals surface area contributed by atoms with Gasteiger partial charge in [-0.3, -0.25) is 0 Å². The fraction of sp³-hybridized carbons (Fsp3) is 0.379. The van der Waals surface area contributed by atoms with E-state index in [1.807, 2.05) is 20.9 Å². The van der Waals surface area contributed by atoms with E-state index in [1.165, 1.54) is 58.3 Å². The maximum absolute atomic E-state index is 3.13. The summed E-state index contributed by atoms with van der Waals surface area (Å²) in [6.07, 6.45) is 4.90. The van der Waals surface area contributed by atoms with Crippen molar-refractivity contribution < 1.29 is 0 Å². The number of hydrogen-bond acceptors (Lipinski definition) is 1. The van der Waals surface area contributed by atoms with Crippen LogP contribution in [0.25, 0.3) is 11.1 Å². The molecule has 1 aliphatic rings. The lowest BCUT2D eigenvalue weighted by molar-refractivity contribution is 0.840. The minimum Gasteiger partial charge on any atom is -0.388 e. The molecule has 1 heteroatoms. The Morgan fingerprint density at radius 1 is 0.700 bits per heavy atom. The van der Waals surface area contributed by atoms with E-state index < -0.39 is 0 Å². The first kappa shape index (κ1) is 25.5. The Morgan fingerprint density at radius 2 is 1.20 bits per heavy atom. The molecule has 0 unspecified atom stereocenters. The minimum atomic E-state index is 1.11. The second-order valence-corrected chi connectivity index (χ2v) is 7.36. The summed E-state index contributed by atoms with van der Waals surface area (Å²) in [5, 5.41) is 3.13. The predicted molar refractivity (Wildman–Crippen MR) is 137 cm³/mol. The number of anilines is 1. The van der Waals surface area contributed by atoms with Gasteiger partial charge in [0.05, 0.1) is 0 Å². The number of fused-ring (bicyclic) bond motifs is 1. The molecule has 0 radical (unpaired) electrons. The van der Waals surface area contributed by atoms with Gasteiger partial charge in [0.2, 0.25) is 0 Å². The summed E-state index contributed by atoms with van der Waals surface area (Å²) in [6, 6.07) is 24.1. The van der Waals surface area contributed by atoms with Crippen molar-refractivity contribution in [3.05, 3.63) is 89.0 Å². The molecule has 0 aliphatic heterocycles. The summed E-state index contributed by atoms with van der Waals surface area (Å²) >= 11 is 0. The fourth-order valence-electron chi connectivity index (χ4n) is 3.03. The number of nitrogens with one attached hydrogen (secondary N) is 1. The lowest BCUT2D eigenvalue weighted by Gasteiger charge is -2.18. The van der Waals surface area contributed by atoms with Gasteiger partial charge < -0.3 is 5.32 Å². The second-order valence-electron chi connectivity index (χ2n) is 7.36. The molecule has 0 fully saturated rings. The van der Waals surface area contributed by atoms with E-state index in [-0.39, 0.29) is 0 Å². The molecule has 3 aromatic rings. The number of hydrogen-bond donors (Lipinski definition) is 1. The van der Waals surface area contributed by atoms with Crippen LogP contribution in [0.2, 0.25) is 0 Å². The van der Waals surface area contributed by atoms with Crippen molar-refractivity contribution in [2.75, 3.05) is 12.4 Å². The monoisotopic (exact) mass is 403 g/mol. The van der Waals surface area contributed by atoms with Crippen LogP contribution < -0.4 is 5.32 Å². The van der Waals surface area contributed by atoms with Gasteiger partial charge in [0.1, 0.15) is 0 Å². The van der Waals surface area contributed by atoms with E-state index in [9.17, 15) is 0 Å². The Morgan fingerprint density at radius 3 is 1.60 bits per heavy atom. The Hall–Kier alpha value is -2.54. The van der Waals surface area contributed by atoms with Gasteiger partial charge in [-0.2, -0.15) is 0 Å². The molecule has 0 saturated heterocycles. The molecule has 1 nitrogen and oxygen atoms in total. The minimum absolute atomic E-state index is 1.11. The number of benzene rings is 3. The zero-order valence-electron chi connectivity index (χ0n) is 20.2. The zero-order valence-corrected chi connectivity index (χ0v) is 20.2. The van der Waals surface area contributed by atoms with Gasteiger partial charge >= 0.3 is 0 Å². The summed E-state index contributed by atoms with van der Waals surface area (Å²) < 4.78 is 0. The summed E-state index contributed by atoms with van der Waals surface area (Å²) in [6.45, 7) is 12.5. The highest BCUT2D eigenvalue weighted by atomic mass is 14.8. The van der Waals surface area contributed by atoms with Crippen molar-refractivity contribution in [3.8, 4) is 11.1 Å². The van der Waals surface area contributed by atoms with E-state index in [0.717, 1.165) is 6.42 Å². The molecule has 3 aromatic carbocycles. The third kappa shape index (κ3) is 8.06. The van der Waals surface area contributed by atoms with Crippen LogP contribution in [0.4, 0.5) is 5.69 Å². The molecule has 4 rings (SSSR count). The molecule has 1 N–H and O–H groups in total. The average molecular weight is 404 g/mol. The predicted octanol–water partition coefficient (Wildman–Crippen LogP) is 8.49. The zero-order chi connectivity index (χ0) is 22.4. The Labute approximate surface area is 185 Å². The highest BCUT2D eigenvalue weighted by Gasteiger charge is 2.11. The molecule has 162 valence electrons. The van der Waals surface area contributed by atoms with Crippen molar-refractivity contribution in [3.63, 3.8) is 0 Å². The van der Waals surface area contributed by atoms with E-state index in [0.29, 0.717) is 0 Å². The molecule has 0 spiro atoms. The van der Waals surface area contributed by atoms with Crippen LogP contribution in [0.3, 0.4) is 0 Å². The van der Waals surface area contributed by atoms with Crippen LogP contribution in [0.15, 0.2) is 66.7 Å². The first-order valence-electron chi connectivity index (χ1n) is 11.6. The summed E-state index contributed by atoms with van der Waals surface area (Å²) in [5.74, 6) is 0. The van der Waals surface area contributed by atoms with Gasteiger partial charge in [0.25, 0.3) is 0 Å². The molecule has 0 saturated carbocycles. The summed E-state index contributed by atoms with van der Waals surface area (Å²) in [7, 11) is 1.96. The van der Waals surface area contributed by atoms with Crippen molar-refractivity contribution in [2.45, 2.75) is 67.2 Å². The highest BCUT2D eigenvalue weighted by molar-refractivity contribution is 5.63. The van der Waals surface area contributed by atoms with E-state index in [4.69, 9.17) is 0 Å². The van der Waals surface area contributed by atoms with Gasteiger partial charge in [-0.1, -0.05) is 101 Å². The van der Waals surface area contributed by atoms with Crippen molar-refractivity contribution in [2.24, 2.45) is 0 Å². The maximum atomic E-state index is 3.13. The molecular weight excluding hydrogens is 362 g/mol. The molecule has 0 aromatic heterocycles. The summed E-state index contributed by atoms with van der Waals surface area (Å²) in [4.78, 5) is 0. The normalized spacial score (nSPS) is 10.5. The molecular formula is C29H41N. The number of rotatable bonds is 3. The quantitative estimate of drug-likeness (QED) is 0.462. The Kier molecular flexibility index (Phi) is 12.3. The van der Waals surface area contributed by atoms with Crippen molar-refractivity contribution in [1.82, 2.24) is 0 Å². The van der Waals surface area contributed by atoms with Gasteiger partial charge in [-0.25, -0.2) is 0 Å². The lowest BCUT2D eigenvalue weighted by atomic mass is 9.88. The van der Waals surface area contributed by atoms with Crippen LogP contribution in [0.5, 0.6) is 0 Å². The molecule has 1 aliphatic carbocycles. The first-order valence-corrected chi connectivity index (χ1v) is 11.6. The van der Waals surface area contributed by atoms with Crippen LogP contribution >= 0.6 is 0 Å². The van der Waals surface area contributed by atoms with Gasteiger partial charge in [-0.05, 0) is 66.1 Å². The van der Waals surface area contributed by atoms with Crippen LogP contribution in [0, 0.1) is 6.92 Å². The standard InChI is InChI=1S/C15H16.C9H11N.C3H8.C2H6/c1-3-13-6-10-15(11-7-13)14-8-4-12(2)5-9-14;1-10-9-5-4-7-2-3-8(7)6-9;1-3-2;1-2/h4-11H,3H2,1-2H3;4-6,10H,2-3H2,1H3;3H2,1-2H3;1-2H3. The van der Waals surface area contributed by atoms with E-state index >= 15 is 0 Å². The molecule has 0 bridgehead atoms. The van der Waals surface area contributed by atoms with Crippen LogP contribution in [0.1, 0.15) is 63.3 Å². The maximum Gasteiger partial charge on any atom is 0.0340 e. The smallest absolute Gasteiger partial charge is 0.0340 e. The van der Waals surface area contributed by atoms with Crippen LogP contribution in [-0.4, -0.2) is 7.05 Å².